The lowest BCUT2D eigenvalue weighted by Gasteiger charge is -2.07. The largest absolute Gasteiger partial charge is 0.463 e. The van der Waals surface area contributed by atoms with Crippen LogP contribution in [0.4, 0.5) is 5.82 Å². The fraction of sp³-hybridized carbons (Fsp3) is 0.333. The number of nitrogens with zero attached hydrogens (tertiary/aromatic N) is 3. The van der Waals surface area contributed by atoms with Gasteiger partial charge in [0.15, 0.2) is 5.69 Å². The molecule has 2 aromatic heterocycles. The van der Waals surface area contributed by atoms with Gasteiger partial charge in [-0.25, -0.2) is 9.78 Å². The average molecular weight is 316 g/mol. The first-order chi connectivity index (χ1) is 11.2. The number of esters is 1. The summed E-state index contributed by atoms with van der Waals surface area (Å²) in [5.41, 5.74) is 0.411. The smallest absolute Gasteiger partial charge is 0.373 e. The van der Waals surface area contributed by atoms with Gasteiger partial charge in [-0.15, -0.1) is 0 Å². The molecule has 0 atom stereocenters. The molecule has 0 unspecified atom stereocenters. The molecule has 0 amide bonds. The first kappa shape index (κ1) is 15.0. The molecule has 23 heavy (non-hydrogen) atoms. The molecule has 0 aliphatic carbocycles. The number of furan rings is 1. The fourth-order valence-corrected chi connectivity index (χ4v) is 2.36. The molecule has 3 heterocycles. The van der Waals surface area contributed by atoms with Gasteiger partial charge in [-0.05, 0) is 18.6 Å². The van der Waals surface area contributed by atoms with Gasteiger partial charge in [-0.1, -0.05) is 0 Å². The third kappa shape index (κ3) is 3.15. The Balaban J connectivity index is 1.61. The topological polar surface area (TPSA) is 98.7 Å². The Morgan fingerprint density at radius 2 is 2.35 bits per heavy atom. The van der Waals surface area contributed by atoms with Crippen LogP contribution in [0.25, 0.3) is 0 Å². The third-order valence-electron chi connectivity index (χ3n) is 3.50. The second-order valence-electron chi connectivity index (χ2n) is 5.03. The summed E-state index contributed by atoms with van der Waals surface area (Å²) >= 11 is 0. The molecule has 8 nitrogen and oxygen atoms in total. The molecule has 8 heteroatoms. The molecule has 0 aromatic carbocycles. The maximum atomic E-state index is 11.8. The van der Waals surface area contributed by atoms with Crippen LogP contribution >= 0.6 is 0 Å². The summed E-state index contributed by atoms with van der Waals surface area (Å²) in [4.78, 5) is 31.2. The van der Waals surface area contributed by atoms with Crippen molar-refractivity contribution in [2.45, 2.75) is 19.4 Å². The predicted octanol–water partition coefficient (Wildman–Crippen LogP) is 1.53. The third-order valence-corrected chi connectivity index (χ3v) is 3.50. The van der Waals surface area contributed by atoms with Crippen molar-refractivity contribution in [3.05, 3.63) is 35.7 Å². The Labute approximate surface area is 132 Å². The van der Waals surface area contributed by atoms with E-state index in [1.165, 1.54) is 13.4 Å². The number of Topliss-reactive ketones (excluding diaryl/α,β-unsaturated/α-hetero) is 1. The number of fused-ring (bicyclic) bond motifs is 1. The molecule has 0 saturated carbocycles. The molecule has 0 spiro atoms. The van der Waals surface area contributed by atoms with Crippen LogP contribution in [0.5, 0.6) is 0 Å². The number of rotatable bonds is 5. The minimum absolute atomic E-state index is 0.103. The number of ketones is 1. The summed E-state index contributed by atoms with van der Waals surface area (Å²) in [5, 5.41) is 2.98. The Morgan fingerprint density at radius 3 is 3.17 bits per heavy atom. The van der Waals surface area contributed by atoms with Crippen molar-refractivity contribution < 1.29 is 18.7 Å². The number of ether oxygens (including phenoxy) is 1. The molecule has 0 radical (unpaired) electrons. The van der Waals surface area contributed by atoms with Crippen LogP contribution in [0.2, 0.25) is 0 Å². The van der Waals surface area contributed by atoms with Gasteiger partial charge >= 0.3 is 5.97 Å². The lowest BCUT2D eigenvalue weighted by atomic mass is 10.2. The Hall–Kier alpha value is -2.90. The van der Waals surface area contributed by atoms with Crippen molar-refractivity contribution >= 4 is 23.9 Å². The maximum Gasteiger partial charge on any atom is 0.373 e. The normalized spacial score (nSPS) is 13.3. The van der Waals surface area contributed by atoms with Gasteiger partial charge in [-0.3, -0.25) is 9.79 Å². The summed E-state index contributed by atoms with van der Waals surface area (Å²) in [5.74, 6) is 0.975. The van der Waals surface area contributed by atoms with Crippen LogP contribution in [0.1, 0.15) is 33.2 Å². The Morgan fingerprint density at radius 1 is 1.48 bits per heavy atom. The summed E-state index contributed by atoms with van der Waals surface area (Å²) in [6, 6.07) is 3.36. The van der Waals surface area contributed by atoms with E-state index in [-0.39, 0.29) is 18.1 Å². The van der Waals surface area contributed by atoms with Gasteiger partial charge in [0.1, 0.15) is 18.1 Å². The molecular weight excluding hydrogens is 300 g/mol. The van der Waals surface area contributed by atoms with E-state index in [2.05, 4.69) is 20.0 Å². The number of imidazole rings is 1. The van der Waals surface area contributed by atoms with Gasteiger partial charge < -0.3 is 19.0 Å². The minimum atomic E-state index is -0.488. The van der Waals surface area contributed by atoms with E-state index in [1.807, 2.05) is 4.57 Å². The Kier molecular flexibility index (Phi) is 4.22. The number of carbonyl (C=O) groups excluding carboxylic acids is 2. The first-order valence-electron chi connectivity index (χ1n) is 7.19. The summed E-state index contributed by atoms with van der Waals surface area (Å²) < 4.78 is 11.9. The summed E-state index contributed by atoms with van der Waals surface area (Å²) in [6.45, 7) is 0.768. The number of hydrogen-bond donors (Lipinski definition) is 1. The highest BCUT2D eigenvalue weighted by Crippen LogP contribution is 2.18. The number of anilines is 1. The van der Waals surface area contributed by atoms with Crippen LogP contribution in [0.3, 0.4) is 0 Å². The van der Waals surface area contributed by atoms with Gasteiger partial charge in [0.2, 0.25) is 11.5 Å². The minimum Gasteiger partial charge on any atom is -0.463 e. The molecule has 3 rings (SSSR count). The SMILES string of the molecule is COC(=O)c1ccc(CCCn2cnc3c2NC=NCC3=O)o1. The number of nitrogens with one attached hydrogen (secondary N) is 1. The van der Waals surface area contributed by atoms with Gasteiger partial charge in [0.05, 0.1) is 19.8 Å². The molecule has 1 aliphatic heterocycles. The quantitative estimate of drug-likeness (QED) is 0.840. The second-order valence-corrected chi connectivity index (χ2v) is 5.03. The van der Waals surface area contributed by atoms with E-state index in [9.17, 15) is 9.59 Å². The lowest BCUT2D eigenvalue weighted by molar-refractivity contribution is 0.0563. The van der Waals surface area contributed by atoms with E-state index in [4.69, 9.17) is 4.42 Å². The van der Waals surface area contributed by atoms with Crippen LogP contribution < -0.4 is 5.32 Å². The van der Waals surface area contributed by atoms with Crippen molar-refractivity contribution in [1.29, 1.82) is 0 Å². The monoisotopic (exact) mass is 316 g/mol. The van der Waals surface area contributed by atoms with Crippen LogP contribution in [0, 0.1) is 0 Å². The highest BCUT2D eigenvalue weighted by molar-refractivity contribution is 6.04. The summed E-state index contributed by atoms with van der Waals surface area (Å²) in [6.07, 6.45) is 4.57. The lowest BCUT2D eigenvalue weighted by Crippen LogP contribution is -2.07. The van der Waals surface area contributed by atoms with E-state index < -0.39 is 5.97 Å². The van der Waals surface area contributed by atoms with E-state index >= 15 is 0 Å². The van der Waals surface area contributed by atoms with Gasteiger partial charge in [0, 0.05) is 13.0 Å². The molecule has 1 N–H and O–H groups in total. The van der Waals surface area contributed by atoms with Gasteiger partial charge in [-0.2, -0.15) is 0 Å². The number of hydrogen-bond acceptors (Lipinski definition) is 7. The van der Waals surface area contributed by atoms with Crippen molar-refractivity contribution in [1.82, 2.24) is 9.55 Å². The highest BCUT2D eigenvalue weighted by Gasteiger charge is 2.19. The average Bonchev–Trinajstić information content (AvgIpc) is 3.14. The number of methoxy groups -OCH3 is 1. The number of aryl methyl sites for hydroxylation is 2. The highest BCUT2D eigenvalue weighted by atomic mass is 16.5. The molecule has 0 fully saturated rings. The Bertz CT molecular complexity index is 759. The first-order valence-corrected chi connectivity index (χ1v) is 7.19. The van der Waals surface area contributed by atoms with Crippen molar-refractivity contribution in [2.75, 3.05) is 19.0 Å². The molecule has 120 valence electrons. The van der Waals surface area contributed by atoms with Crippen molar-refractivity contribution in [3.63, 3.8) is 0 Å². The maximum absolute atomic E-state index is 11.8. The van der Waals surface area contributed by atoms with Crippen molar-refractivity contribution in [2.24, 2.45) is 4.99 Å². The van der Waals surface area contributed by atoms with Crippen LogP contribution in [-0.4, -0.2) is 41.3 Å². The van der Waals surface area contributed by atoms with E-state index in [1.54, 1.807) is 18.5 Å². The zero-order valence-electron chi connectivity index (χ0n) is 12.6. The number of aromatic nitrogens is 2. The fourth-order valence-electron chi connectivity index (χ4n) is 2.36. The number of aliphatic imine (C=N–C) groups is 1. The summed E-state index contributed by atoms with van der Waals surface area (Å²) in [7, 11) is 1.31. The van der Waals surface area contributed by atoms with E-state index in [0.717, 1.165) is 6.42 Å². The molecule has 2 aromatic rings. The van der Waals surface area contributed by atoms with Crippen LogP contribution in [-0.2, 0) is 17.7 Å². The molecule has 0 saturated heterocycles. The van der Waals surface area contributed by atoms with Gasteiger partial charge in [0.25, 0.3) is 0 Å². The van der Waals surface area contributed by atoms with Crippen LogP contribution in [0.15, 0.2) is 27.9 Å². The molecule has 0 bridgehead atoms. The standard InChI is InChI=1S/C15H16N4O4/c1-22-15(21)12-5-4-10(23-12)3-2-6-19-9-18-13-11(20)7-16-8-17-14(13)19/h4-5,8-9H,2-3,6-7H2,1H3,(H,16,17). The predicted molar refractivity (Wildman–Crippen MR) is 81.9 cm³/mol. The van der Waals surface area contributed by atoms with E-state index in [0.29, 0.717) is 30.2 Å². The zero-order valence-corrected chi connectivity index (χ0v) is 12.6. The second kappa shape index (κ2) is 6.47. The molecule has 1 aliphatic rings. The van der Waals surface area contributed by atoms with Crippen molar-refractivity contribution in [3.8, 4) is 0 Å². The molecular formula is C15H16N4O4. The number of carbonyl (C=O) groups is 2. The zero-order chi connectivity index (χ0) is 16.2.